The Morgan fingerprint density at radius 2 is 1.52 bits per heavy atom. The first-order chi connectivity index (χ1) is 9.84. The van der Waals surface area contributed by atoms with Crippen LogP contribution in [-0.2, 0) is 14.4 Å². The molecule has 0 fully saturated rings. The third-order valence-electron chi connectivity index (χ3n) is 2.75. The van der Waals surface area contributed by atoms with Crippen LogP contribution in [0.1, 0.15) is 12.8 Å². The smallest absolute Gasteiger partial charge is 0.339 e. The van der Waals surface area contributed by atoms with Crippen LogP contribution in [0.15, 0.2) is 11.6 Å². The molecule has 0 heterocycles. The quantitative estimate of drug-likeness (QED) is 0.280. The molecule has 8 heteroatoms. The average Bonchev–Trinajstić information content (AvgIpc) is 2.46. The molecule has 0 rings (SSSR count). The van der Waals surface area contributed by atoms with Gasteiger partial charge >= 0.3 is 5.97 Å². The third kappa shape index (κ3) is 7.66. The molecule has 0 amide bonds. The fourth-order valence-electron chi connectivity index (χ4n) is 1.45. The van der Waals surface area contributed by atoms with Gasteiger partial charge in [-0.25, -0.2) is 4.79 Å². The van der Waals surface area contributed by atoms with E-state index in [2.05, 4.69) is 0 Å². The maximum absolute atomic E-state index is 12.0. The van der Waals surface area contributed by atoms with Gasteiger partial charge in [-0.05, 0) is 36.9 Å². The van der Waals surface area contributed by atoms with Gasteiger partial charge in [0.2, 0.25) is 0 Å². The standard InChI is InChI=1S/C13H22N2O4S2/c1-20-5-3-9(14)11(16)7-8(13(18)19)12(17)10(15)4-6-21-2/h7,9-10H,3-6,14-15H2,1-2H3,(H,18,19). The van der Waals surface area contributed by atoms with Gasteiger partial charge in [-0.3, -0.25) is 9.59 Å². The Balaban J connectivity index is 4.95. The highest BCUT2D eigenvalue weighted by Crippen LogP contribution is 2.08. The highest BCUT2D eigenvalue weighted by molar-refractivity contribution is 7.98. The summed E-state index contributed by atoms with van der Waals surface area (Å²) in [4.78, 5) is 35.0. The molecule has 6 nitrogen and oxygen atoms in total. The SMILES string of the molecule is CSCCC(N)C(=O)C=C(C(=O)O)C(=O)C(N)CCSC. The van der Waals surface area contributed by atoms with Crippen LogP contribution in [0, 0.1) is 0 Å². The van der Waals surface area contributed by atoms with Crippen LogP contribution in [0.2, 0.25) is 0 Å². The van der Waals surface area contributed by atoms with E-state index in [1.54, 1.807) is 0 Å². The first-order valence-corrected chi connectivity index (χ1v) is 9.16. The number of carbonyl (C=O) groups is 3. The summed E-state index contributed by atoms with van der Waals surface area (Å²) in [5.41, 5.74) is 10.7. The number of hydrogen-bond donors (Lipinski definition) is 3. The Morgan fingerprint density at radius 1 is 1.05 bits per heavy atom. The van der Waals surface area contributed by atoms with Crippen molar-refractivity contribution >= 4 is 41.1 Å². The molecule has 0 radical (unpaired) electrons. The number of rotatable bonds is 11. The van der Waals surface area contributed by atoms with Gasteiger partial charge < -0.3 is 16.6 Å². The number of ketones is 2. The predicted molar refractivity (Wildman–Crippen MR) is 87.7 cm³/mol. The molecule has 0 spiro atoms. The van der Waals surface area contributed by atoms with Crippen molar-refractivity contribution in [2.75, 3.05) is 24.0 Å². The van der Waals surface area contributed by atoms with Crippen molar-refractivity contribution in [2.24, 2.45) is 11.5 Å². The number of nitrogens with two attached hydrogens (primary N) is 2. The Hall–Kier alpha value is -0.830. The molecule has 0 aliphatic heterocycles. The van der Waals surface area contributed by atoms with Crippen LogP contribution >= 0.6 is 23.5 Å². The molecule has 0 saturated carbocycles. The number of carbonyl (C=O) groups excluding carboxylic acids is 2. The van der Waals surface area contributed by atoms with Crippen molar-refractivity contribution < 1.29 is 19.5 Å². The van der Waals surface area contributed by atoms with Gasteiger partial charge in [-0.1, -0.05) is 0 Å². The van der Waals surface area contributed by atoms with Gasteiger partial charge in [0.1, 0.15) is 5.57 Å². The number of hydrogen-bond acceptors (Lipinski definition) is 7. The van der Waals surface area contributed by atoms with E-state index in [0.717, 1.165) is 6.08 Å². The summed E-state index contributed by atoms with van der Waals surface area (Å²) in [6, 6.07) is -1.72. The molecule has 5 N–H and O–H groups in total. The average molecular weight is 334 g/mol. The summed E-state index contributed by atoms with van der Waals surface area (Å²) in [5.74, 6) is -1.43. The summed E-state index contributed by atoms with van der Waals surface area (Å²) in [7, 11) is 0. The topological polar surface area (TPSA) is 123 Å². The van der Waals surface area contributed by atoms with E-state index in [-0.39, 0.29) is 0 Å². The van der Waals surface area contributed by atoms with Crippen molar-refractivity contribution in [3.05, 3.63) is 11.6 Å². The second-order valence-electron chi connectivity index (χ2n) is 4.41. The van der Waals surface area contributed by atoms with E-state index in [9.17, 15) is 14.4 Å². The minimum atomic E-state index is -1.45. The molecular formula is C13H22N2O4S2. The van der Waals surface area contributed by atoms with Gasteiger partial charge in [0.15, 0.2) is 11.6 Å². The Morgan fingerprint density at radius 3 is 1.95 bits per heavy atom. The van der Waals surface area contributed by atoms with Crippen LogP contribution in [0.4, 0.5) is 0 Å². The highest BCUT2D eigenvalue weighted by Gasteiger charge is 2.25. The van der Waals surface area contributed by atoms with Crippen molar-refractivity contribution in [3.8, 4) is 0 Å². The van der Waals surface area contributed by atoms with E-state index >= 15 is 0 Å². The van der Waals surface area contributed by atoms with Crippen LogP contribution in [0.3, 0.4) is 0 Å². The number of thioether (sulfide) groups is 2. The van der Waals surface area contributed by atoms with Crippen molar-refractivity contribution in [1.82, 2.24) is 0 Å². The van der Waals surface area contributed by atoms with E-state index in [4.69, 9.17) is 16.6 Å². The normalized spacial score (nSPS) is 14.6. The van der Waals surface area contributed by atoms with Crippen LogP contribution in [-0.4, -0.2) is 58.7 Å². The molecule has 0 aromatic carbocycles. The molecule has 0 aromatic heterocycles. The lowest BCUT2D eigenvalue weighted by Crippen LogP contribution is -2.36. The van der Waals surface area contributed by atoms with Gasteiger partial charge in [0.05, 0.1) is 12.1 Å². The summed E-state index contributed by atoms with van der Waals surface area (Å²) in [5, 5.41) is 9.08. The molecule has 2 atom stereocenters. The molecule has 2 unspecified atom stereocenters. The van der Waals surface area contributed by atoms with E-state index < -0.39 is 35.2 Å². The summed E-state index contributed by atoms with van der Waals surface area (Å²) in [6.45, 7) is 0. The lowest BCUT2D eigenvalue weighted by Gasteiger charge is -2.11. The fraction of sp³-hybridized carbons (Fsp3) is 0.615. The van der Waals surface area contributed by atoms with E-state index in [0.29, 0.717) is 24.3 Å². The number of carboxylic acids is 1. The number of carboxylic acid groups (broad SMARTS) is 1. The van der Waals surface area contributed by atoms with Crippen molar-refractivity contribution in [3.63, 3.8) is 0 Å². The second-order valence-corrected chi connectivity index (χ2v) is 6.38. The maximum Gasteiger partial charge on any atom is 0.339 e. The minimum Gasteiger partial charge on any atom is -0.478 e. The maximum atomic E-state index is 12.0. The van der Waals surface area contributed by atoms with Crippen LogP contribution < -0.4 is 11.5 Å². The largest absolute Gasteiger partial charge is 0.478 e. The van der Waals surface area contributed by atoms with Crippen LogP contribution in [0.25, 0.3) is 0 Å². The summed E-state index contributed by atoms with van der Waals surface area (Å²) in [6.07, 6.45) is 5.34. The van der Waals surface area contributed by atoms with Crippen molar-refractivity contribution in [2.45, 2.75) is 24.9 Å². The fourth-order valence-corrected chi connectivity index (χ4v) is 2.43. The molecular weight excluding hydrogens is 312 g/mol. The molecule has 0 aromatic rings. The Bertz CT molecular complexity index is 413. The Labute approximate surface area is 133 Å². The van der Waals surface area contributed by atoms with E-state index in [1.807, 2.05) is 12.5 Å². The molecule has 21 heavy (non-hydrogen) atoms. The highest BCUT2D eigenvalue weighted by atomic mass is 32.2. The van der Waals surface area contributed by atoms with Crippen LogP contribution in [0.5, 0.6) is 0 Å². The third-order valence-corrected chi connectivity index (χ3v) is 4.04. The number of Topliss-reactive ketones (excluding diaryl/α,β-unsaturated/α-hetero) is 1. The molecule has 120 valence electrons. The van der Waals surface area contributed by atoms with Crippen molar-refractivity contribution in [1.29, 1.82) is 0 Å². The minimum absolute atomic E-state index is 0.358. The van der Waals surface area contributed by atoms with Gasteiger partial charge in [0.25, 0.3) is 0 Å². The zero-order chi connectivity index (χ0) is 16.4. The molecule has 0 aliphatic carbocycles. The summed E-state index contributed by atoms with van der Waals surface area (Å²) >= 11 is 3.04. The van der Waals surface area contributed by atoms with Gasteiger partial charge in [-0.2, -0.15) is 23.5 Å². The molecule has 0 saturated heterocycles. The Kier molecular flexibility index (Phi) is 10.4. The first-order valence-electron chi connectivity index (χ1n) is 6.37. The number of aliphatic carboxylic acids is 1. The zero-order valence-corrected chi connectivity index (χ0v) is 13.8. The first kappa shape index (κ1) is 20.2. The lowest BCUT2D eigenvalue weighted by atomic mass is 10.00. The van der Waals surface area contributed by atoms with Gasteiger partial charge in [0, 0.05) is 6.08 Å². The molecule has 0 bridgehead atoms. The van der Waals surface area contributed by atoms with Gasteiger partial charge in [-0.15, -0.1) is 0 Å². The lowest BCUT2D eigenvalue weighted by molar-refractivity contribution is -0.135. The predicted octanol–water partition coefficient (Wildman–Crippen LogP) is 0.296. The second kappa shape index (κ2) is 10.8. The summed E-state index contributed by atoms with van der Waals surface area (Å²) < 4.78 is 0. The zero-order valence-electron chi connectivity index (χ0n) is 12.2. The molecule has 0 aliphatic rings. The monoisotopic (exact) mass is 334 g/mol. The van der Waals surface area contributed by atoms with E-state index in [1.165, 1.54) is 23.5 Å².